The maximum Gasteiger partial charge on any atom is 0.354 e. The number of carboxylic acid groups (broad SMARTS) is 1. The van der Waals surface area contributed by atoms with Crippen LogP contribution in [0.25, 0.3) is 0 Å². The Labute approximate surface area is 105 Å². The molecule has 0 amide bonds. The van der Waals surface area contributed by atoms with E-state index in [2.05, 4.69) is 4.98 Å². The van der Waals surface area contributed by atoms with Crippen molar-refractivity contribution in [2.45, 2.75) is 32.4 Å². The van der Waals surface area contributed by atoms with Crippen LogP contribution in [0.15, 0.2) is 18.3 Å². The van der Waals surface area contributed by atoms with Gasteiger partial charge in [-0.25, -0.2) is 14.6 Å². The monoisotopic (exact) mass is 252 g/mol. The molecule has 98 valence electrons. The average Bonchev–Trinajstić information content (AvgIpc) is 2.26. The molecule has 1 aromatic heterocycles. The Hall–Kier alpha value is -1.95. The van der Waals surface area contributed by atoms with Gasteiger partial charge in [0.1, 0.15) is 17.3 Å². The highest BCUT2D eigenvalue weighted by atomic mass is 16.6. The second-order valence-corrected chi connectivity index (χ2v) is 4.79. The second-order valence-electron chi connectivity index (χ2n) is 4.79. The number of nitrogens with two attached hydrogens (primary N) is 1. The highest BCUT2D eigenvalue weighted by molar-refractivity contribution is 5.85. The summed E-state index contributed by atoms with van der Waals surface area (Å²) >= 11 is 0. The van der Waals surface area contributed by atoms with Crippen molar-refractivity contribution >= 4 is 11.9 Å². The summed E-state index contributed by atoms with van der Waals surface area (Å²) in [6, 6.07) is 1.77. The summed E-state index contributed by atoms with van der Waals surface area (Å²) in [7, 11) is 0. The quantitative estimate of drug-likeness (QED) is 0.781. The first-order valence-electron chi connectivity index (χ1n) is 5.38. The van der Waals surface area contributed by atoms with Crippen LogP contribution in [0.4, 0.5) is 0 Å². The van der Waals surface area contributed by atoms with E-state index < -0.39 is 23.6 Å². The molecule has 0 aromatic carbocycles. The third-order valence-electron chi connectivity index (χ3n) is 2.03. The molecule has 1 unspecified atom stereocenters. The van der Waals surface area contributed by atoms with Gasteiger partial charge in [0.2, 0.25) is 0 Å². The first kappa shape index (κ1) is 14.1. The number of nitrogens with zero attached hydrogens (tertiary/aromatic N) is 1. The summed E-state index contributed by atoms with van der Waals surface area (Å²) in [5.74, 6) is -1.71. The Morgan fingerprint density at radius 2 is 2.00 bits per heavy atom. The molecule has 0 aliphatic rings. The van der Waals surface area contributed by atoms with Gasteiger partial charge in [0, 0.05) is 6.20 Å². The van der Waals surface area contributed by atoms with Crippen LogP contribution in [0, 0.1) is 0 Å². The third-order valence-corrected chi connectivity index (χ3v) is 2.03. The smallest absolute Gasteiger partial charge is 0.354 e. The number of carbonyl (C=O) groups excluding carboxylic acids is 1. The molecule has 1 aromatic rings. The van der Waals surface area contributed by atoms with E-state index in [1.165, 1.54) is 18.3 Å². The lowest BCUT2D eigenvalue weighted by Crippen LogP contribution is -2.31. The van der Waals surface area contributed by atoms with Crippen LogP contribution >= 0.6 is 0 Å². The number of ether oxygens (including phenoxy) is 1. The zero-order chi connectivity index (χ0) is 13.9. The van der Waals surface area contributed by atoms with Crippen molar-refractivity contribution in [2.75, 3.05) is 0 Å². The molecule has 3 N–H and O–H groups in total. The van der Waals surface area contributed by atoms with Crippen LogP contribution in [-0.4, -0.2) is 27.6 Å². The van der Waals surface area contributed by atoms with Gasteiger partial charge in [-0.2, -0.15) is 0 Å². The molecule has 1 rings (SSSR count). The zero-order valence-electron chi connectivity index (χ0n) is 10.5. The lowest BCUT2D eigenvalue weighted by atomic mass is 10.1. The second kappa shape index (κ2) is 5.14. The lowest BCUT2D eigenvalue weighted by Gasteiger charge is -2.22. The summed E-state index contributed by atoms with van der Waals surface area (Å²) in [5.41, 5.74) is 5.40. The Morgan fingerprint density at radius 1 is 1.39 bits per heavy atom. The number of pyridine rings is 1. The van der Waals surface area contributed by atoms with Crippen LogP contribution in [0.5, 0.6) is 0 Å². The topological polar surface area (TPSA) is 103 Å². The molecule has 0 fully saturated rings. The number of carboxylic acids is 1. The lowest BCUT2D eigenvalue weighted by molar-refractivity contribution is -0.156. The average molecular weight is 252 g/mol. The van der Waals surface area contributed by atoms with Crippen molar-refractivity contribution in [1.29, 1.82) is 0 Å². The molecule has 1 atom stereocenters. The minimum absolute atomic E-state index is 0.102. The summed E-state index contributed by atoms with van der Waals surface area (Å²) in [4.78, 5) is 26.0. The fraction of sp³-hybridized carbons (Fsp3) is 0.417. The largest absolute Gasteiger partial charge is 0.477 e. The molecule has 1 heterocycles. The predicted molar refractivity (Wildman–Crippen MR) is 64.0 cm³/mol. The maximum atomic E-state index is 11.7. The Bertz CT molecular complexity index is 448. The van der Waals surface area contributed by atoms with E-state index >= 15 is 0 Å². The molecule has 0 saturated heterocycles. The highest BCUT2D eigenvalue weighted by Gasteiger charge is 2.23. The SMILES string of the molecule is CC(C)(C)OC(=O)C(N)c1ccc(C(=O)O)nc1. The molecule has 6 nitrogen and oxygen atoms in total. The van der Waals surface area contributed by atoms with Crippen LogP contribution in [-0.2, 0) is 9.53 Å². The molecule has 0 aliphatic heterocycles. The van der Waals surface area contributed by atoms with Crippen LogP contribution in [0.3, 0.4) is 0 Å². The number of rotatable bonds is 3. The van der Waals surface area contributed by atoms with Gasteiger partial charge >= 0.3 is 11.9 Å². The summed E-state index contributed by atoms with van der Waals surface area (Å²) in [6.45, 7) is 5.22. The van der Waals surface area contributed by atoms with Crippen molar-refractivity contribution in [1.82, 2.24) is 4.98 Å². The number of hydrogen-bond donors (Lipinski definition) is 2. The van der Waals surface area contributed by atoms with Gasteiger partial charge in [-0.05, 0) is 32.4 Å². The molecular formula is C12H16N2O4. The van der Waals surface area contributed by atoms with Crippen LogP contribution < -0.4 is 5.73 Å². The number of esters is 1. The fourth-order valence-electron chi connectivity index (χ4n) is 1.22. The molecule has 0 spiro atoms. The Kier molecular flexibility index (Phi) is 4.03. The van der Waals surface area contributed by atoms with Gasteiger partial charge < -0.3 is 15.6 Å². The van der Waals surface area contributed by atoms with E-state index in [9.17, 15) is 9.59 Å². The van der Waals surface area contributed by atoms with Crippen molar-refractivity contribution in [3.8, 4) is 0 Å². The van der Waals surface area contributed by atoms with E-state index in [0.717, 1.165) is 0 Å². The third kappa shape index (κ3) is 3.81. The molecule has 18 heavy (non-hydrogen) atoms. The van der Waals surface area contributed by atoms with Gasteiger partial charge in [0.15, 0.2) is 0 Å². The normalized spacial score (nSPS) is 12.9. The summed E-state index contributed by atoms with van der Waals surface area (Å²) < 4.78 is 5.12. The minimum atomic E-state index is -1.13. The number of aromatic nitrogens is 1. The molecule has 0 bridgehead atoms. The van der Waals surface area contributed by atoms with E-state index in [1.54, 1.807) is 20.8 Å². The van der Waals surface area contributed by atoms with Gasteiger partial charge in [-0.3, -0.25) is 0 Å². The van der Waals surface area contributed by atoms with E-state index in [1.807, 2.05) is 0 Å². The first-order chi connectivity index (χ1) is 8.20. The van der Waals surface area contributed by atoms with Crippen molar-refractivity contribution in [2.24, 2.45) is 5.73 Å². The maximum absolute atomic E-state index is 11.7. The van der Waals surface area contributed by atoms with Crippen molar-refractivity contribution < 1.29 is 19.4 Å². The zero-order valence-corrected chi connectivity index (χ0v) is 10.5. The van der Waals surface area contributed by atoms with Gasteiger partial charge in [-0.1, -0.05) is 6.07 Å². The fourth-order valence-corrected chi connectivity index (χ4v) is 1.22. The number of carbonyl (C=O) groups is 2. The summed E-state index contributed by atoms with van der Waals surface area (Å²) in [6.07, 6.45) is 1.26. The van der Waals surface area contributed by atoms with Gasteiger partial charge in [0.25, 0.3) is 0 Å². The minimum Gasteiger partial charge on any atom is -0.477 e. The Morgan fingerprint density at radius 3 is 2.39 bits per heavy atom. The number of aromatic carboxylic acids is 1. The molecule has 0 saturated carbocycles. The van der Waals surface area contributed by atoms with Gasteiger partial charge in [-0.15, -0.1) is 0 Å². The number of hydrogen-bond acceptors (Lipinski definition) is 5. The highest BCUT2D eigenvalue weighted by Crippen LogP contribution is 2.16. The van der Waals surface area contributed by atoms with Crippen LogP contribution in [0.1, 0.15) is 42.9 Å². The van der Waals surface area contributed by atoms with Gasteiger partial charge in [0.05, 0.1) is 0 Å². The van der Waals surface area contributed by atoms with E-state index in [0.29, 0.717) is 5.56 Å². The van der Waals surface area contributed by atoms with Crippen LogP contribution in [0.2, 0.25) is 0 Å². The predicted octanol–water partition coefficient (Wildman–Crippen LogP) is 1.12. The van der Waals surface area contributed by atoms with Crippen molar-refractivity contribution in [3.63, 3.8) is 0 Å². The standard InChI is InChI=1S/C12H16N2O4/c1-12(2,3)18-11(17)9(13)7-4-5-8(10(15)16)14-6-7/h4-6,9H,13H2,1-3H3,(H,15,16). The van der Waals surface area contributed by atoms with E-state index in [-0.39, 0.29) is 5.69 Å². The molecule has 6 heteroatoms. The molecule has 0 radical (unpaired) electrons. The summed E-state index contributed by atoms with van der Waals surface area (Å²) in [5, 5.41) is 8.69. The van der Waals surface area contributed by atoms with E-state index in [4.69, 9.17) is 15.6 Å². The molecular weight excluding hydrogens is 236 g/mol. The molecule has 0 aliphatic carbocycles. The Balaban J connectivity index is 2.81. The van der Waals surface area contributed by atoms with Crippen molar-refractivity contribution in [3.05, 3.63) is 29.6 Å². The first-order valence-corrected chi connectivity index (χ1v) is 5.38.